The molecule has 3 nitrogen and oxygen atoms in total. The third-order valence-electron chi connectivity index (χ3n) is 4.19. The molecule has 1 heterocycles. The molecule has 2 N–H and O–H groups in total. The second kappa shape index (κ2) is 7.09. The summed E-state index contributed by atoms with van der Waals surface area (Å²) >= 11 is 0. The number of nitrogens with one attached hydrogen (secondary N) is 2. The van der Waals surface area contributed by atoms with Crippen LogP contribution in [0.15, 0.2) is 18.2 Å². The normalized spacial score (nSPS) is 17.1. The van der Waals surface area contributed by atoms with Gasteiger partial charge in [0.05, 0.1) is 0 Å². The van der Waals surface area contributed by atoms with E-state index in [1.165, 1.54) is 0 Å². The van der Waals surface area contributed by atoms with Gasteiger partial charge in [-0.25, -0.2) is 0 Å². The molecule has 0 aliphatic carbocycles. The molecule has 1 fully saturated rings. The third-order valence-corrected chi connectivity index (χ3v) is 4.19. The van der Waals surface area contributed by atoms with E-state index in [-0.39, 0.29) is 23.7 Å². The lowest BCUT2D eigenvalue weighted by Crippen LogP contribution is -2.43. The second-order valence-electron chi connectivity index (χ2n) is 6.01. The molecule has 1 saturated heterocycles. The highest BCUT2D eigenvalue weighted by Gasteiger charge is 2.27. The highest BCUT2D eigenvalue weighted by atomic mass is 35.5. The lowest BCUT2D eigenvalue weighted by molar-refractivity contribution is 0.0921. The van der Waals surface area contributed by atoms with Crippen molar-refractivity contribution in [2.45, 2.75) is 33.6 Å². The number of hydrogen-bond donors (Lipinski definition) is 2. The van der Waals surface area contributed by atoms with Gasteiger partial charge in [0.1, 0.15) is 0 Å². The summed E-state index contributed by atoms with van der Waals surface area (Å²) in [4.78, 5) is 12.3. The summed E-state index contributed by atoms with van der Waals surface area (Å²) in [5.41, 5.74) is 3.17. The van der Waals surface area contributed by atoms with E-state index in [1.54, 1.807) is 0 Å². The maximum absolute atomic E-state index is 12.3. The van der Waals surface area contributed by atoms with E-state index in [9.17, 15) is 4.79 Å². The zero-order valence-corrected chi connectivity index (χ0v) is 13.4. The van der Waals surface area contributed by atoms with Crippen molar-refractivity contribution < 1.29 is 4.79 Å². The van der Waals surface area contributed by atoms with Gasteiger partial charge in [0, 0.05) is 12.1 Å². The molecule has 0 saturated carbocycles. The van der Waals surface area contributed by atoms with Crippen LogP contribution in [0.25, 0.3) is 0 Å². The summed E-state index contributed by atoms with van der Waals surface area (Å²) in [5.74, 6) is 0.0651. The average molecular weight is 297 g/mol. The molecule has 0 radical (unpaired) electrons. The average Bonchev–Trinajstić information content (AvgIpc) is 2.37. The zero-order chi connectivity index (χ0) is 13.9. The third kappa shape index (κ3) is 3.97. The largest absolute Gasteiger partial charge is 0.351 e. The fraction of sp³-hybridized carbons (Fsp3) is 0.562. The van der Waals surface area contributed by atoms with E-state index >= 15 is 0 Å². The van der Waals surface area contributed by atoms with E-state index in [0.717, 1.165) is 49.2 Å². The van der Waals surface area contributed by atoms with E-state index in [1.807, 2.05) is 32.0 Å². The van der Waals surface area contributed by atoms with Gasteiger partial charge in [0.25, 0.3) is 5.91 Å². The van der Waals surface area contributed by atoms with Gasteiger partial charge < -0.3 is 10.6 Å². The zero-order valence-electron chi connectivity index (χ0n) is 12.6. The number of benzene rings is 1. The number of rotatable bonds is 3. The Balaban J connectivity index is 0.00000200. The highest BCUT2D eigenvalue weighted by molar-refractivity contribution is 5.97. The number of carbonyl (C=O) groups is 1. The molecule has 1 aromatic rings. The van der Waals surface area contributed by atoms with Gasteiger partial charge in [0.15, 0.2) is 0 Å². The predicted octanol–water partition coefficient (Wildman–Crippen LogP) is 2.84. The van der Waals surface area contributed by atoms with Crippen LogP contribution in [0.5, 0.6) is 0 Å². The van der Waals surface area contributed by atoms with Crippen molar-refractivity contribution in [1.82, 2.24) is 10.6 Å². The molecule has 1 aliphatic heterocycles. The number of carbonyl (C=O) groups excluding carboxylic acids is 1. The van der Waals surface area contributed by atoms with Gasteiger partial charge in [-0.05, 0) is 56.3 Å². The van der Waals surface area contributed by atoms with Gasteiger partial charge in [-0.3, -0.25) is 4.79 Å². The van der Waals surface area contributed by atoms with Gasteiger partial charge in [-0.1, -0.05) is 25.1 Å². The minimum atomic E-state index is 0. The van der Waals surface area contributed by atoms with Crippen molar-refractivity contribution in [3.05, 3.63) is 34.9 Å². The van der Waals surface area contributed by atoms with Crippen molar-refractivity contribution in [2.75, 3.05) is 19.6 Å². The van der Waals surface area contributed by atoms with Crippen LogP contribution in [0.4, 0.5) is 0 Å². The Bertz CT molecular complexity index is 447. The molecule has 0 bridgehead atoms. The minimum Gasteiger partial charge on any atom is -0.351 e. The molecule has 0 atom stereocenters. The van der Waals surface area contributed by atoms with Gasteiger partial charge >= 0.3 is 0 Å². The first-order chi connectivity index (χ1) is 9.02. The van der Waals surface area contributed by atoms with Crippen LogP contribution in [-0.2, 0) is 0 Å². The van der Waals surface area contributed by atoms with Crippen molar-refractivity contribution in [3.8, 4) is 0 Å². The second-order valence-corrected chi connectivity index (χ2v) is 6.01. The molecule has 1 aliphatic rings. The molecular formula is C16H25ClN2O. The molecule has 4 heteroatoms. The topological polar surface area (TPSA) is 41.1 Å². The Hall–Kier alpha value is -1.06. The Morgan fingerprint density at radius 1 is 1.25 bits per heavy atom. The molecule has 0 unspecified atom stereocenters. The van der Waals surface area contributed by atoms with Crippen molar-refractivity contribution in [1.29, 1.82) is 0 Å². The monoisotopic (exact) mass is 296 g/mol. The van der Waals surface area contributed by atoms with Gasteiger partial charge in [-0.2, -0.15) is 0 Å². The maximum Gasteiger partial charge on any atom is 0.251 e. The summed E-state index contributed by atoms with van der Waals surface area (Å²) in [5, 5.41) is 6.49. The molecule has 0 aromatic heterocycles. The SMILES string of the molecule is Cc1cccc(C)c1C(=O)NCC1(C)CCNCC1.Cl. The highest BCUT2D eigenvalue weighted by Crippen LogP contribution is 2.27. The number of hydrogen-bond acceptors (Lipinski definition) is 2. The van der Waals surface area contributed by atoms with Crippen molar-refractivity contribution in [2.24, 2.45) is 5.41 Å². The van der Waals surface area contributed by atoms with Crippen molar-refractivity contribution >= 4 is 18.3 Å². The molecule has 1 aromatic carbocycles. The number of piperidine rings is 1. The standard InChI is InChI=1S/C16H24N2O.ClH/c1-12-5-4-6-13(2)14(12)15(19)18-11-16(3)7-9-17-10-8-16;/h4-6,17H,7-11H2,1-3H3,(H,18,19);1H. The predicted molar refractivity (Wildman–Crippen MR) is 85.7 cm³/mol. The Morgan fingerprint density at radius 3 is 2.35 bits per heavy atom. The van der Waals surface area contributed by atoms with E-state index in [4.69, 9.17) is 0 Å². The molecule has 112 valence electrons. The van der Waals surface area contributed by atoms with Crippen LogP contribution in [0.2, 0.25) is 0 Å². The molecule has 1 amide bonds. The van der Waals surface area contributed by atoms with E-state index < -0.39 is 0 Å². The summed E-state index contributed by atoms with van der Waals surface area (Å²) < 4.78 is 0. The van der Waals surface area contributed by atoms with Crippen LogP contribution >= 0.6 is 12.4 Å². The first-order valence-electron chi connectivity index (χ1n) is 7.07. The summed E-state index contributed by atoms with van der Waals surface area (Å²) in [6, 6.07) is 5.98. The first kappa shape index (κ1) is 17.0. The minimum absolute atomic E-state index is 0. The fourth-order valence-electron chi connectivity index (χ4n) is 2.76. The molecule has 20 heavy (non-hydrogen) atoms. The first-order valence-corrected chi connectivity index (χ1v) is 7.07. The van der Waals surface area contributed by atoms with Crippen LogP contribution in [-0.4, -0.2) is 25.5 Å². The molecular weight excluding hydrogens is 272 g/mol. The Labute approximate surface area is 127 Å². The summed E-state index contributed by atoms with van der Waals surface area (Å²) in [6.45, 7) is 9.12. The van der Waals surface area contributed by atoms with Crippen LogP contribution in [0.1, 0.15) is 41.3 Å². The maximum atomic E-state index is 12.3. The Morgan fingerprint density at radius 2 is 1.80 bits per heavy atom. The smallest absolute Gasteiger partial charge is 0.251 e. The number of aryl methyl sites for hydroxylation is 2. The van der Waals surface area contributed by atoms with Gasteiger partial charge in [-0.15, -0.1) is 12.4 Å². The summed E-state index contributed by atoms with van der Waals surface area (Å²) in [7, 11) is 0. The van der Waals surface area contributed by atoms with Gasteiger partial charge in [0.2, 0.25) is 0 Å². The number of amides is 1. The van der Waals surface area contributed by atoms with Crippen LogP contribution in [0, 0.1) is 19.3 Å². The lowest BCUT2D eigenvalue weighted by Gasteiger charge is -2.34. The molecule has 0 spiro atoms. The number of halogens is 1. The fourth-order valence-corrected chi connectivity index (χ4v) is 2.76. The lowest BCUT2D eigenvalue weighted by atomic mass is 9.81. The molecule has 2 rings (SSSR count). The van der Waals surface area contributed by atoms with Crippen LogP contribution < -0.4 is 10.6 Å². The van der Waals surface area contributed by atoms with Crippen LogP contribution in [0.3, 0.4) is 0 Å². The quantitative estimate of drug-likeness (QED) is 0.900. The van der Waals surface area contributed by atoms with E-state index in [2.05, 4.69) is 17.6 Å². The summed E-state index contributed by atoms with van der Waals surface area (Å²) in [6.07, 6.45) is 2.25. The van der Waals surface area contributed by atoms with Crippen molar-refractivity contribution in [3.63, 3.8) is 0 Å². The Kier molecular flexibility index (Phi) is 6.03. The van der Waals surface area contributed by atoms with E-state index in [0.29, 0.717) is 0 Å².